The summed E-state index contributed by atoms with van der Waals surface area (Å²) in [6, 6.07) is 0. The van der Waals surface area contributed by atoms with Crippen LogP contribution in [-0.4, -0.2) is 0 Å². The Bertz CT molecular complexity index is 279. The van der Waals surface area contributed by atoms with E-state index in [1.165, 1.54) is 46.1 Å². The molecule has 0 fully saturated rings. The summed E-state index contributed by atoms with van der Waals surface area (Å²) in [5, 5.41) is 0. The lowest BCUT2D eigenvalue weighted by Crippen LogP contribution is -1.92. The number of hydrogen-bond donors (Lipinski definition) is 0. The summed E-state index contributed by atoms with van der Waals surface area (Å²) in [7, 11) is 0. The largest absolute Gasteiger partial charge is 0.121 e. The highest BCUT2D eigenvalue weighted by Gasteiger charge is 2.13. The minimum Gasteiger partial charge on any atom is -0.121 e. The zero-order valence-corrected chi connectivity index (χ0v) is 15.5. The maximum Gasteiger partial charge on any atom is 0.0745 e. The zero-order chi connectivity index (χ0) is 11.3. The Morgan fingerprint density at radius 2 is 1.25 bits per heavy atom. The third-order valence-electron chi connectivity index (χ3n) is 2.58. The van der Waals surface area contributed by atoms with Gasteiger partial charge in [-0.3, -0.25) is 0 Å². The number of halogens is 3. The van der Waals surface area contributed by atoms with E-state index < -0.39 is 0 Å². The van der Waals surface area contributed by atoms with Gasteiger partial charge in [-0.05, 0) is 68.7 Å². The van der Waals surface area contributed by atoms with Crippen LogP contribution in [0.5, 0.6) is 0 Å². The van der Waals surface area contributed by atoms with E-state index in [1.807, 2.05) is 11.3 Å². The highest BCUT2D eigenvalue weighted by Crippen LogP contribution is 2.38. The fourth-order valence-corrected chi connectivity index (χ4v) is 5.00. The van der Waals surface area contributed by atoms with Crippen LogP contribution < -0.4 is 0 Å². The molecule has 0 atom stereocenters. The van der Waals surface area contributed by atoms with Crippen molar-refractivity contribution in [2.45, 2.75) is 52.4 Å². The SMILES string of the molecule is Br.CCCCc1c(Br)sc(Br)c1CCCC. The van der Waals surface area contributed by atoms with Crippen molar-refractivity contribution < 1.29 is 0 Å². The smallest absolute Gasteiger partial charge is 0.0745 e. The van der Waals surface area contributed by atoms with Gasteiger partial charge in [-0.25, -0.2) is 0 Å². The quantitative estimate of drug-likeness (QED) is 0.477. The first-order valence-corrected chi connectivity index (χ1v) is 8.06. The number of thiophene rings is 1. The van der Waals surface area contributed by atoms with Gasteiger partial charge in [-0.15, -0.1) is 28.3 Å². The molecular weight excluding hydrogens is 416 g/mol. The Balaban J connectivity index is 0.00000225. The predicted molar refractivity (Wildman–Crippen MR) is 87.3 cm³/mol. The highest BCUT2D eigenvalue weighted by molar-refractivity contribution is 9.12. The summed E-state index contributed by atoms with van der Waals surface area (Å²) >= 11 is 9.19. The number of unbranched alkanes of at least 4 members (excludes halogenated alkanes) is 2. The normalized spacial score (nSPS) is 10.2. The molecule has 0 saturated heterocycles. The molecule has 1 aromatic rings. The Kier molecular flexibility index (Phi) is 9.77. The average molecular weight is 435 g/mol. The van der Waals surface area contributed by atoms with Crippen LogP contribution in [0.1, 0.15) is 50.7 Å². The molecule has 0 radical (unpaired) electrons. The summed E-state index contributed by atoms with van der Waals surface area (Å²) in [5.41, 5.74) is 3.09. The molecule has 0 aliphatic heterocycles. The van der Waals surface area contributed by atoms with Crippen molar-refractivity contribution >= 4 is 60.2 Å². The molecule has 0 saturated carbocycles. The Labute approximate surface area is 130 Å². The van der Waals surface area contributed by atoms with E-state index in [9.17, 15) is 0 Å². The van der Waals surface area contributed by atoms with Gasteiger partial charge in [0.05, 0.1) is 7.57 Å². The van der Waals surface area contributed by atoms with Crippen molar-refractivity contribution in [2.24, 2.45) is 0 Å². The molecule has 0 aliphatic carbocycles. The average Bonchev–Trinajstić information content (AvgIpc) is 2.47. The van der Waals surface area contributed by atoms with Crippen molar-refractivity contribution in [3.8, 4) is 0 Å². The van der Waals surface area contributed by atoms with E-state index >= 15 is 0 Å². The minimum absolute atomic E-state index is 0. The van der Waals surface area contributed by atoms with E-state index in [4.69, 9.17) is 0 Å². The Morgan fingerprint density at radius 3 is 1.56 bits per heavy atom. The first-order chi connectivity index (χ1) is 7.20. The molecule has 1 rings (SSSR count). The van der Waals surface area contributed by atoms with Gasteiger partial charge >= 0.3 is 0 Å². The second-order valence-electron chi connectivity index (χ2n) is 3.81. The van der Waals surface area contributed by atoms with E-state index in [2.05, 4.69) is 45.7 Å². The van der Waals surface area contributed by atoms with Crippen molar-refractivity contribution in [3.05, 3.63) is 18.7 Å². The summed E-state index contributed by atoms with van der Waals surface area (Å²) in [6.45, 7) is 4.50. The molecule has 94 valence electrons. The molecule has 0 spiro atoms. The number of hydrogen-bond acceptors (Lipinski definition) is 1. The molecule has 4 heteroatoms. The molecule has 0 nitrogen and oxygen atoms in total. The molecule has 0 aromatic carbocycles. The fourth-order valence-electron chi connectivity index (χ4n) is 1.64. The van der Waals surface area contributed by atoms with Crippen LogP contribution >= 0.6 is 60.2 Å². The molecule has 0 aliphatic rings. The first-order valence-electron chi connectivity index (χ1n) is 5.66. The van der Waals surface area contributed by atoms with Crippen LogP contribution in [-0.2, 0) is 12.8 Å². The lowest BCUT2D eigenvalue weighted by atomic mass is 10.0. The fraction of sp³-hybridized carbons (Fsp3) is 0.667. The summed E-state index contributed by atoms with van der Waals surface area (Å²) < 4.78 is 2.66. The van der Waals surface area contributed by atoms with Gasteiger partial charge in [0.25, 0.3) is 0 Å². The van der Waals surface area contributed by atoms with Gasteiger partial charge in [-0.2, -0.15) is 0 Å². The zero-order valence-electron chi connectivity index (χ0n) is 9.82. The summed E-state index contributed by atoms with van der Waals surface area (Å²) in [4.78, 5) is 0. The van der Waals surface area contributed by atoms with Gasteiger partial charge in [0, 0.05) is 0 Å². The van der Waals surface area contributed by atoms with Crippen molar-refractivity contribution in [2.75, 3.05) is 0 Å². The third kappa shape index (κ3) is 4.79. The van der Waals surface area contributed by atoms with Crippen molar-refractivity contribution in [1.29, 1.82) is 0 Å². The Morgan fingerprint density at radius 1 is 0.875 bits per heavy atom. The first kappa shape index (κ1) is 17.1. The van der Waals surface area contributed by atoms with Crippen LogP contribution in [0.25, 0.3) is 0 Å². The van der Waals surface area contributed by atoms with E-state index in [0.29, 0.717) is 0 Å². The lowest BCUT2D eigenvalue weighted by molar-refractivity contribution is 0.759. The second kappa shape index (κ2) is 9.12. The molecule has 0 unspecified atom stereocenters. The molecule has 1 heterocycles. The van der Waals surface area contributed by atoms with Crippen LogP contribution in [0.4, 0.5) is 0 Å². The molecule has 0 bridgehead atoms. The minimum atomic E-state index is 0. The van der Waals surface area contributed by atoms with Gasteiger partial charge in [-0.1, -0.05) is 26.7 Å². The Hall–Kier alpha value is 1.14. The molecule has 0 N–H and O–H groups in total. The molecular formula is C12H19Br3S. The van der Waals surface area contributed by atoms with Crippen LogP contribution in [0, 0.1) is 0 Å². The van der Waals surface area contributed by atoms with Crippen LogP contribution in [0.2, 0.25) is 0 Å². The van der Waals surface area contributed by atoms with Crippen molar-refractivity contribution in [1.82, 2.24) is 0 Å². The van der Waals surface area contributed by atoms with Crippen LogP contribution in [0.3, 0.4) is 0 Å². The maximum atomic E-state index is 3.68. The molecule has 0 amide bonds. The summed E-state index contributed by atoms with van der Waals surface area (Å²) in [6.07, 6.45) is 7.57. The van der Waals surface area contributed by atoms with Gasteiger partial charge < -0.3 is 0 Å². The topological polar surface area (TPSA) is 0 Å². The number of rotatable bonds is 6. The van der Waals surface area contributed by atoms with E-state index in [0.717, 1.165) is 0 Å². The van der Waals surface area contributed by atoms with Gasteiger partial charge in [0.1, 0.15) is 0 Å². The maximum absolute atomic E-state index is 3.68. The highest BCUT2D eigenvalue weighted by atomic mass is 79.9. The second-order valence-corrected chi connectivity index (χ2v) is 7.47. The monoisotopic (exact) mass is 432 g/mol. The van der Waals surface area contributed by atoms with Crippen LogP contribution in [0.15, 0.2) is 7.57 Å². The van der Waals surface area contributed by atoms with E-state index in [-0.39, 0.29) is 17.0 Å². The standard InChI is InChI=1S/C12H18Br2S.BrH/c1-3-5-7-9-10(8-6-4-2)12(14)15-11(9)13;/h3-8H2,1-2H3;1H. The molecule has 16 heavy (non-hydrogen) atoms. The lowest BCUT2D eigenvalue weighted by Gasteiger charge is -2.04. The van der Waals surface area contributed by atoms with Crippen molar-refractivity contribution in [3.63, 3.8) is 0 Å². The van der Waals surface area contributed by atoms with E-state index in [1.54, 1.807) is 11.1 Å². The summed E-state index contributed by atoms with van der Waals surface area (Å²) in [5.74, 6) is 0. The van der Waals surface area contributed by atoms with Gasteiger partial charge in [0.2, 0.25) is 0 Å². The third-order valence-corrected chi connectivity index (χ3v) is 5.36. The van der Waals surface area contributed by atoms with Gasteiger partial charge in [0.15, 0.2) is 0 Å². The predicted octanol–water partition coefficient (Wildman–Crippen LogP) is 6.54. The molecule has 1 aromatic heterocycles.